The lowest BCUT2D eigenvalue weighted by atomic mass is 10.1. The number of halogens is 1. The van der Waals surface area contributed by atoms with E-state index < -0.39 is 0 Å². The molecule has 0 aliphatic rings. The molecule has 1 heterocycles. The lowest BCUT2D eigenvalue weighted by molar-refractivity contribution is 0.627. The fraction of sp³-hybridized carbons (Fsp3) is 0.0667. The van der Waals surface area contributed by atoms with Crippen molar-refractivity contribution >= 4 is 16.5 Å². The number of hydrogen-bond donors (Lipinski definition) is 3. The van der Waals surface area contributed by atoms with Gasteiger partial charge in [-0.15, -0.1) is 0 Å². The molecule has 5 nitrogen and oxygen atoms in total. The Morgan fingerprint density at radius 3 is 2.43 bits per heavy atom. The normalized spacial score (nSPS) is 10.7. The summed E-state index contributed by atoms with van der Waals surface area (Å²) in [4.78, 5) is 23.6. The fourth-order valence-electron chi connectivity index (χ4n) is 2.18. The van der Waals surface area contributed by atoms with E-state index in [4.69, 9.17) is 0 Å². The smallest absolute Gasteiger partial charge is 0.272 e. The number of fused-ring (bicyclic) bond motifs is 1. The average molecular weight is 285 g/mol. The summed E-state index contributed by atoms with van der Waals surface area (Å²) in [5, 5.41) is 8.32. The summed E-state index contributed by atoms with van der Waals surface area (Å²) in [6.07, 6.45) is 0. The highest BCUT2D eigenvalue weighted by Gasteiger charge is 2.07. The minimum absolute atomic E-state index is 0.299. The Labute approximate surface area is 118 Å². The van der Waals surface area contributed by atoms with Gasteiger partial charge in [0.1, 0.15) is 5.82 Å². The van der Waals surface area contributed by atoms with Crippen molar-refractivity contribution < 1.29 is 4.39 Å². The molecule has 0 bridgehead atoms. The van der Waals surface area contributed by atoms with Gasteiger partial charge in [-0.3, -0.25) is 19.8 Å². The molecule has 0 aliphatic heterocycles. The zero-order chi connectivity index (χ0) is 14.8. The number of aromatic nitrogens is 2. The maximum Gasteiger partial charge on any atom is 0.272 e. The van der Waals surface area contributed by atoms with Crippen molar-refractivity contribution in [2.45, 2.75) is 6.54 Å². The molecule has 6 heteroatoms. The van der Waals surface area contributed by atoms with Crippen molar-refractivity contribution in [1.29, 1.82) is 0 Å². The van der Waals surface area contributed by atoms with E-state index in [9.17, 15) is 14.0 Å². The molecule has 0 fully saturated rings. The number of anilines is 1. The second-order valence-corrected chi connectivity index (χ2v) is 4.62. The standard InChI is InChI=1S/C15H12FN3O2/c16-10-6-4-9(5-7-10)8-17-12-3-1-2-11-13(12)15(21)19-18-14(11)20/h1-7,17H,8H2,(H,18,20)(H,19,21). The predicted molar refractivity (Wildman–Crippen MR) is 78.9 cm³/mol. The van der Waals surface area contributed by atoms with E-state index in [-0.39, 0.29) is 16.9 Å². The highest BCUT2D eigenvalue weighted by atomic mass is 19.1. The van der Waals surface area contributed by atoms with Gasteiger partial charge in [-0.1, -0.05) is 18.2 Å². The summed E-state index contributed by atoms with van der Waals surface area (Å²) in [5.41, 5.74) is 0.709. The summed E-state index contributed by atoms with van der Waals surface area (Å²) >= 11 is 0. The van der Waals surface area contributed by atoms with E-state index in [2.05, 4.69) is 15.5 Å². The second-order valence-electron chi connectivity index (χ2n) is 4.62. The molecule has 21 heavy (non-hydrogen) atoms. The van der Waals surface area contributed by atoms with Crippen LogP contribution in [0.1, 0.15) is 5.56 Å². The molecule has 3 N–H and O–H groups in total. The van der Waals surface area contributed by atoms with Crippen molar-refractivity contribution in [3.8, 4) is 0 Å². The van der Waals surface area contributed by atoms with Gasteiger partial charge in [-0.05, 0) is 29.8 Å². The van der Waals surface area contributed by atoms with E-state index in [1.54, 1.807) is 30.3 Å². The molecule has 3 rings (SSSR count). The first-order valence-electron chi connectivity index (χ1n) is 6.37. The van der Waals surface area contributed by atoms with Crippen molar-refractivity contribution in [3.05, 3.63) is 74.6 Å². The number of H-pyrrole nitrogens is 2. The summed E-state index contributed by atoms with van der Waals surface area (Å²) in [6.45, 7) is 0.422. The number of aromatic amines is 2. The van der Waals surface area contributed by atoms with Crippen LogP contribution in [-0.4, -0.2) is 10.2 Å². The zero-order valence-corrected chi connectivity index (χ0v) is 10.9. The van der Waals surface area contributed by atoms with Gasteiger partial charge in [0.05, 0.1) is 10.8 Å². The number of hydrogen-bond acceptors (Lipinski definition) is 3. The van der Waals surface area contributed by atoms with Crippen LogP contribution < -0.4 is 16.4 Å². The first-order valence-corrected chi connectivity index (χ1v) is 6.37. The first-order chi connectivity index (χ1) is 10.1. The fourth-order valence-corrected chi connectivity index (χ4v) is 2.18. The third-order valence-electron chi connectivity index (χ3n) is 3.22. The van der Waals surface area contributed by atoms with E-state index in [1.165, 1.54) is 12.1 Å². The molecule has 0 amide bonds. The Morgan fingerprint density at radius 2 is 1.67 bits per heavy atom. The minimum atomic E-state index is -0.369. The van der Waals surface area contributed by atoms with Gasteiger partial charge in [0.2, 0.25) is 0 Å². The lowest BCUT2D eigenvalue weighted by Crippen LogP contribution is -2.20. The quantitative estimate of drug-likeness (QED) is 0.688. The summed E-state index contributed by atoms with van der Waals surface area (Å²) in [5.74, 6) is -0.299. The van der Waals surface area contributed by atoms with Crippen molar-refractivity contribution in [3.63, 3.8) is 0 Å². The molecule has 0 saturated carbocycles. The van der Waals surface area contributed by atoms with Gasteiger partial charge in [-0.2, -0.15) is 0 Å². The molecule has 0 unspecified atom stereocenters. The Kier molecular flexibility index (Phi) is 3.27. The third-order valence-corrected chi connectivity index (χ3v) is 3.22. The summed E-state index contributed by atoms with van der Waals surface area (Å²) in [7, 11) is 0. The van der Waals surface area contributed by atoms with Crippen LogP contribution in [0.4, 0.5) is 10.1 Å². The van der Waals surface area contributed by atoms with Crippen LogP contribution in [-0.2, 0) is 6.54 Å². The van der Waals surface area contributed by atoms with Crippen LogP contribution in [0.2, 0.25) is 0 Å². The molecular weight excluding hydrogens is 273 g/mol. The molecule has 0 saturated heterocycles. The molecule has 2 aromatic carbocycles. The van der Waals surface area contributed by atoms with E-state index in [0.29, 0.717) is 23.0 Å². The van der Waals surface area contributed by atoms with Crippen LogP contribution in [0.25, 0.3) is 10.8 Å². The summed E-state index contributed by atoms with van der Waals surface area (Å²) in [6, 6.07) is 11.1. The van der Waals surface area contributed by atoms with Crippen LogP contribution in [0.5, 0.6) is 0 Å². The zero-order valence-electron chi connectivity index (χ0n) is 10.9. The minimum Gasteiger partial charge on any atom is -0.380 e. The Hall–Kier alpha value is -2.89. The molecule has 0 aliphatic carbocycles. The van der Waals surface area contributed by atoms with Crippen LogP contribution in [0.15, 0.2) is 52.1 Å². The van der Waals surface area contributed by atoms with Crippen LogP contribution >= 0.6 is 0 Å². The van der Waals surface area contributed by atoms with Gasteiger partial charge < -0.3 is 5.32 Å². The second kappa shape index (κ2) is 5.24. The van der Waals surface area contributed by atoms with Crippen LogP contribution in [0, 0.1) is 5.82 Å². The monoisotopic (exact) mass is 285 g/mol. The lowest BCUT2D eigenvalue weighted by Gasteiger charge is -2.08. The Bertz CT molecular complexity index is 897. The maximum absolute atomic E-state index is 12.9. The molecule has 1 aromatic heterocycles. The third kappa shape index (κ3) is 2.55. The number of rotatable bonds is 3. The van der Waals surface area contributed by atoms with Gasteiger partial charge in [0.15, 0.2) is 0 Å². The van der Waals surface area contributed by atoms with Gasteiger partial charge in [0, 0.05) is 12.2 Å². The molecule has 0 radical (unpaired) electrons. The van der Waals surface area contributed by atoms with Crippen LogP contribution in [0.3, 0.4) is 0 Å². The molecule has 3 aromatic rings. The van der Waals surface area contributed by atoms with Gasteiger partial charge >= 0.3 is 0 Å². The first kappa shape index (κ1) is 13.1. The number of benzene rings is 2. The van der Waals surface area contributed by atoms with E-state index in [0.717, 1.165) is 5.56 Å². The average Bonchev–Trinajstić information content (AvgIpc) is 2.50. The van der Waals surface area contributed by atoms with Gasteiger partial charge in [0.25, 0.3) is 11.1 Å². The Morgan fingerprint density at radius 1 is 0.952 bits per heavy atom. The van der Waals surface area contributed by atoms with Crippen molar-refractivity contribution in [1.82, 2.24) is 10.2 Å². The van der Waals surface area contributed by atoms with E-state index >= 15 is 0 Å². The van der Waals surface area contributed by atoms with E-state index in [1.807, 2.05) is 0 Å². The Balaban J connectivity index is 1.98. The molecule has 0 atom stereocenters. The molecular formula is C15H12FN3O2. The topological polar surface area (TPSA) is 77.8 Å². The highest BCUT2D eigenvalue weighted by molar-refractivity contribution is 5.92. The molecule has 0 spiro atoms. The van der Waals surface area contributed by atoms with Crippen molar-refractivity contribution in [2.75, 3.05) is 5.32 Å². The SMILES string of the molecule is O=c1[nH][nH]c(=O)c2c(NCc3ccc(F)cc3)cccc12. The molecule has 106 valence electrons. The predicted octanol–water partition coefficient (Wildman–Crippen LogP) is 1.97. The van der Waals surface area contributed by atoms with Gasteiger partial charge in [-0.25, -0.2) is 4.39 Å². The summed E-state index contributed by atoms with van der Waals surface area (Å²) < 4.78 is 12.9. The largest absolute Gasteiger partial charge is 0.380 e. The maximum atomic E-state index is 12.9. The highest BCUT2D eigenvalue weighted by Crippen LogP contribution is 2.17. The number of nitrogens with one attached hydrogen (secondary N) is 3. The van der Waals surface area contributed by atoms with Crippen molar-refractivity contribution in [2.24, 2.45) is 0 Å².